The van der Waals surface area contributed by atoms with Gasteiger partial charge in [0.05, 0.1) is 22.5 Å². The minimum absolute atomic E-state index is 0.0666. The van der Waals surface area contributed by atoms with Gasteiger partial charge < -0.3 is 31.2 Å². The van der Waals surface area contributed by atoms with Gasteiger partial charge in [0.2, 0.25) is 0 Å². The molecule has 0 aliphatic rings. The summed E-state index contributed by atoms with van der Waals surface area (Å²) < 4.78 is 11.8. The number of phenolic OH excluding ortho intramolecular Hbond substituents is 2. The van der Waals surface area contributed by atoms with E-state index >= 15 is 0 Å². The maximum Gasteiger partial charge on any atom is 0.159 e. The van der Waals surface area contributed by atoms with Crippen molar-refractivity contribution in [2.75, 3.05) is 11.5 Å². The lowest BCUT2D eigenvalue weighted by molar-refractivity contribution is 0.455. The molecule has 4 aromatic rings. The Bertz CT molecular complexity index is 1450. The van der Waals surface area contributed by atoms with Gasteiger partial charge in [-0.25, -0.2) is 0 Å². The summed E-state index contributed by atoms with van der Waals surface area (Å²) in [5.41, 5.74) is 12.7. The molecule has 0 amide bonds. The second-order valence-electron chi connectivity index (χ2n) is 6.95. The van der Waals surface area contributed by atoms with Gasteiger partial charge in [0.1, 0.15) is 28.7 Å². The van der Waals surface area contributed by atoms with Gasteiger partial charge in [0.25, 0.3) is 0 Å². The molecule has 0 aliphatic heterocycles. The van der Waals surface area contributed by atoms with Crippen molar-refractivity contribution in [1.82, 2.24) is 0 Å². The molecule has 0 bridgehead atoms. The highest BCUT2D eigenvalue weighted by Crippen LogP contribution is 2.38. The fraction of sp³-hybridized carbons (Fsp3) is 0. The maximum absolute atomic E-state index is 9.86. The van der Waals surface area contributed by atoms with Crippen LogP contribution in [0.2, 0.25) is 0 Å². The third-order valence-electron chi connectivity index (χ3n) is 4.82. The Labute approximate surface area is 184 Å². The molecular weight excluding hydrogens is 404 g/mol. The molecule has 4 aromatic carbocycles. The maximum atomic E-state index is 9.86. The van der Waals surface area contributed by atoms with Crippen LogP contribution < -0.4 is 20.9 Å². The van der Waals surface area contributed by atoms with Gasteiger partial charge in [0.15, 0.2) is 5.75 Å². The number of hydrogen-bond donors (Lipinski definition) is 4. The molecule has 6 nitrogen and oxygen atoms in total. The Morgan fingerprint density at radius 3 is 1.81 bits per heavy atom. The van der Waals surface area contributed by atoms with Gasteiger partial charge in [-0.05, 0) is 53.9 Å². The van der Waals surface area contributed by atoms with Crippen molar-refractivity contribution in [3.8, 4) is 59.2 Å². The lowest BCUT2D eigenvalue weighted by atomic mass is 9.99. The monoisotopic (exact) mass is 422 g/mol. The number of hydrogen-bond acceptors (Lipinski definition) is 6. The Morgan fingerprint density at radius 2 is 1.25 bits per heavy atom. The molecule has 0 aliphatic carbocycles. The zero-order chi connectivity index (χ0) is 22.8. The molecular formula is C26H18N2O4. The number of nitrogens with two attached hydrogens (primary N) is 2. The lowest BCUT2D eigenvalue weighted by Gasteiger charge is -2.15. The Kier molecular flexibility index (Phi) is 5.12. The van der Waals surface area contributed by atoms with Crippen LogP contribution in [0.4, 0.5) is 11.4 Å². The zero-order valence-corrected chi connectivity index (χ0v) is 16.8. The summed E-state index contributed by atoms with van der Waals surface area (Å²) in [6, 6.07) is 16.2. The van der Waals surface area contributed by atoms with Crippen LogP contribution in [-0.4, -0.2) is 10.2 Å². The summed E-state index contributed by atoms with van der Waals surface area (Å²) in [4.78, 5) is 0. The van der Waals surface area contributed by atoms with Gasteiger partial charge >= 0.3 is 0 Å². The van der Waals surface area contributed by atoms with E-state index in [2.05, 4.69) is 11.8 Å². The highest BCUT2D eigenvalue weighted by atomic mass is 16.5. The smallest absolute Gasteiger partial charge is 0.159 e. The first-order valence-electron chi connectivity index (χ1n) is 9.46. The van der Waals surface area contributed by atoms with E-state index in [4.69, 9.17) is 33.8 Å². The zero-order valence-electron chi connectivity index (χ0n) is 16.8. The highest BCUT2D eigenvalue weighted by Gasteiger charge is 2.15. The minimum atomic E-state index is -0.108. The number of benzene rings is 4. The number of aromatic hydroxyl groups is 2. The first-order valence-corrected chi connectivity index (χ1v) is 9.46. The van der Waals surface area contributed by atoms with Crippen molar-refractivity contribution in [2.24, 2.45) is 0 Å². The number of rotatable bonds is 4. The van der Waals surface area contributed by atoms with E-state index < -0.39 is 0 Å². The van der Waals surface area contributed by atoms with Gasteiger partial charge in [-0.15, -0.1) is 12.8 Å². The van der Waals surface area contributed by atoms with Crippen LogP contribution in [-0.2, 0) is 0 Å². The van der Waals surface area contributed by atoms with Gasteiger partial charge in [-0.3, -0.25) is 0 Å². The summed E-state index contributed by atoms with van der Waals surface area (Å²) in [5, 5.41) is 21.1. The molecule has 0 aromatic heterocycles. The molecule has 6 heteroatoms. The summed E-state index contributed by atoms with van der Waals surface area (Å²) in [6.45, 7) is 0. The fourth-order valence-corrected chi connectivity index (χ4v) is 3.21. The molecule has 0 fully saturated rings. The lowest BCUT2D eigenvalue weighted by Crippen LogP contribution is -1.95. The summed E-state index contributed by atoms with van der Waals surface area (Å²) in [6.07, 6.45) is 11.5. The van der Waals surface area contributed by atoms with Crippen LogP contribution in [0.25, 0.3) is 10.8 Å². The fourth-order valence-electron chi connectivity index (χ4n) is 3.21. The third-order valence-corrected chi connectivity index (χ3v) is 4.82. The molecule has 4 rings (SSSR count). The average molecular weight is 422 g/mol. The van der Waals surface area contributed by atoms with E-state index in [1.54, 1.807) is 42.5 Å². The van der Waals surface area contributed by atoms with Crippen LogP contribution >= 0.6 is 0 Å². The second kappa shape index (κ2) is 8.06. The van der Waals surface area contributed by atoms with Crippen LogP contribution in [0.5, 0.6) is 34.5 Å². The number of nitrogen functional groups attached to an aromatic ring is 2. The average Bonchev–Trinajstić information content (AvgIpc) is 2.78. The molecule has 0 radical (unpaired) electrons. The Morgan fingerprint density at radius 1 is 0.688 bits per heavy atom. The summed E-state index contributed by atoms with van der Waals surface area (Å²) in [5.74, 6) is 6.67. The minimum Gasteiger partial charge on any atom is -0.506 e. The van der Waals surface area contributed by atoms with E-state index in [1.807, 2.05) is 0 Å². The summed E-state index contributed by atoms with van der Waals surface area (Å²) >= 11 is 0. The molecule has 6 N–H and O–H groups in total. The first-order chi connectivity index (χ1) is 15.4. The van der Waals surface area contributed by atoms with Gasteiger partial charge in [0, 0.05) is 17.5 Å². The predicted molar refractivity (Wildman–Crippen MR) is 125 cm³/mol. The third kappa shape index (κ3) is 3.77. The number of phenols is 2. The normalized spacial score (nSPS) is 10.3. The molecule has 0 saturated heterocycles. The molecule has 32 heavy (non-hydrogen) atoms. The summed E-state index contributed by atoms with van der Waals surface area (Å²) in [7, 11) is 0. The predicted octanol–water partition coefficient (Wildman–Crippen LogP) is 4.96. The van der Waals surface area contributed by atoms with Gasteiger partial charge in [-0.1, -0.05) is 11.8 Å². The highest BCUT2D eigenvalue weighted by molar-refractivity contribution is 5.93. The van der Waals surface area contributed by atoms with E-state index in [1.165, 1.54) is 18.2 Å². The Hall–Kier alpha value is -4.94. The number of ether oxygens (including phenoxy) is 2. The van der Waals surface area contributed by atoms with Crippen molar-refractivity contribution in [3.05, 3.63) is 71.8 Å². The first kappa shape index (κ1) is 20.3. The molecule has 0 spiro atoms. The van der Waals surface area contributed by atoms with Crippen LogP contribution in [0, 0.1) is 24.7 Å². The van der Waals surface area contributed by atoms with Crippen molar-refractivity contribution >= 4 is 22.1 Å². The van der Waals surface area contributed by atoms with Crippen LogP contribution in [0.3, 0.4) is 0 Å². The number of fused-ring (bicyclic) bond motifs is 1. The van der Waals surface area contributed by atoms with E-state index in [-0.39, 0.29) is 22.9 Å². The molecule has 0 heterocycles. The SMILES string of the molecule is C#Cc1cc2cc(Oc3ccc(N)c(O)c3)ccc2c(C#C)c1Oc1ccc(N)c(O)c1. The molecule has 0 unspecified atom stereocenters. The molecule has 0 saturated carbocycles. The van der Waals surface area contributed by atoms with Crippen LogP contribution in [0.15, 0.2) is 60.7 Å². The van der Waals surface area contributed by atoms with Crippen molar-refractivity contribution in [1.29, 1.82) is 0 Å². The number of anilines is 2. The van der Waals surface area contributed by atoms with Gasteiger partial charge in [-0.2, -0.15) is 0 Å². The van der Waals surface area contributed by atoms with E-state index in [9.17, 15) is 10.2 Å². The number of terminal acetylenes is 2. The van der Waals surface area contributed by atoms with Crippen LogP contribution in [0.1, 0.15) is 11.1 Å². The topological polar surface area (TPSA) is 111 Å². The van der Waals surface area contributed by atoms with E-state index in [0.717, 1.165) is 10.8 Å². The second-order valence-corrected chi connectivity index (χ2v) is 6.95. The van der Waals surface area contributed by atoms with Crippen molar-refractivity contribution < 1.29 is 19.7 Å². The quantitative estimate of drug-likeness (QED) is 0.210. The van der Waals surface area contributed by atoms with Crippen molar-refractivity contribution in [3.63, 3.8) is 0 Å². The van der Waals surface area contributed by atoms with E-state index in [0.29, 0.717) is 34.1 Å². The molecule has 156 valence electrons. The standard InChI is InChI=1S/C26H18N2O4/c1-3-15-11-16-12-17(31-18-6-9-22(27)24(29)13-18)5-8-21(16)20(4-2)26(15)32-19-7-10-23(28)25(30)14-19/h1-2,5-14,29-30H,27-28H2. The largest absolute Gasteiger partial charge is 0.506 e. The Balaban J connectivity index is 1.77. The van der Waals surface area contributed by atoms with Crippen molar-refractivity contribution in [2.45, 2.75) is 0 Å². The molecule has 0 atom stereocenters.